The van der Waals surface area contributed by atoms with Gasteiger partial charge in [0.2, 0.25) is 0 Å². The number of hydrogen-bond donors (Lipinski definition) is 1. The van der Waals surface area contributed by atoms with Gasteiger partial charge in [0.25, 0.3) is 5.91 Å². The topological polar surface area (TPSA) is 29.1 Å². The van der Waals surface area contributed by atoms with Crippen LogP contribution in [0.15, 0.2) is 18.2 Å². The largest absolute Gasteiger partial charge is 0.350 e. The predicted molar refractivity (Wildman–Crippen MR) is 71.8 cm³/mol. The standard InChI is InChI=1S/C11H12BrCl2NO/c1-7(4-5-12)15-11(16)9-6-8(13)2-3-10(9)14/h2-3,6-7H,4-5H2,1H3,(H,15,16). The van der Waals surface area contributed by atoms with Crippen LogP contribution in [0.4, 0.5) is 0 Å². The Labute approximate surface area is 113 Å². The number of benzene rings is 1. The van der Waals surface area contributed by atoms with Crippen LogP contribution in [-0.2, 0) is 0 Å². The number of nitrogens with one attached hydrogen (secondary N) is 1. The highest BCUT2D eigenvalue weighted by molar-refractivity contribution is 9.09. The van der Waals surface area contributed by atoms with Crippen molar-refractivity contribution in [1.82, 2.24) is 5.32 Å². The first-order valence-electron chi connectivity index (χ1n) is 4.86. The highest BCUT2D eigenvalue weighted by Crippen LogP contribution is 2.20. The minimum absolute atomic E-state index is 0.0990. The van der Waals surface area contributed by atoms with Crippen molar-refractivity contribution in [1.29, 1.82) is 0 Å². The average molecular weight is 325 g/mol. The second-order valence-electron chi connectivity index (χ2n) is 3.48. The number of carbonyl (C=O) groups excluding carboxylic acids is 1. The van der Waals surface area contributed by atoms with Gasteiger partial charge in [-0.25, -0.2) is 0 Å². The molecule has 0 fully saturated rings. The van der Waals surface area contributed by atoms with Gasteiger partial charge < -0.3 is 5.32 Å². The number of carbonyl (C=O) groups is 1. The molecular weight excluding hydrogens is 313 g/mol. The van der Waals surface area contributed by atoms with E-state index in [1.165, 1.54) is 0 Å². The van der Waals surface area contributed by atoms with Crippen LogP contribution in [0, 0.1) is 0 Å². The zero-order chi connectivity index (χ0) is 12.1. The lowest BCUT2D eigenvalue weighted by Gasteiger charge is -2.13. The van der Waals surface area contributed by atoms with Gasteiger partial charge in [-0.1, -0.05) is 39.1 Å². The second kappa shape index (κ2) is 6.48. The first-order valence-corrected chi connectivity index (χ1v) is 6.74. The molecule has 1 rings (SSSR count). The highest BCUT2D eigenvalue weighted by Gasteiger charge is 2.13. The summed E-state index contributed by atoms with van der Waals surface area (Å²) in [5.41, 5.74) is 0.413. The van der Waals surface area contributed by atoms with E-state index in [1.54, 1.807) is 18.2 Å². The average Bonchev–Trinajstić information content (AvgIpc) is 2.21. The molecular formula is C11H12BrCl2NO. The van der Waals surface area contributed by atoms with E-state index in [2.05, 4.69) is 21.2 Å². The molecule has 0 aliphatic rings. The molecule has 5 heteroatoms. The van der Waals surface area contributed by atoms with E-state index in [4.69, 9.17) is 23.2 Å². The Morgan fingerprint density at radius 3 is 2.81 bits per heavy atom. The lowest BCUT2D eigenvalue weighted by Crippen LogP contribution is -2.32. The lowest BCUT2D eigenvalue weighted by atomic mass is 10.2. The van der Waals surface area contributed by atoms with Gasteiger partial charge >= 0.3 is 0 Å². The third kappa shape index (κ3) is 3.96. The van der Waals surface area contributed by atoms with Crippen LogP contribution in [0.3, 0.4) is 0 Å². The molecule has 0 aliphatic carbocycles. The van der Waals surface area contributed by atoms with Gasteiger partial charge in [0, 0.05) is 16.4 Å². The molecule has 1 N–H and O–H groups in total. The van der Waals surface area contributed by atoms with Crippen LogP contribution < -0.4 is 5.32 Å². The summed E-state index contributed by atoms with van der Waals surface area (Å²) in [6, 6.07) is 4.94. The van der Waals surface area contributed by atoms with Crippen molar-refractivity contribution >= 4 is 45.0 Å². The summed E-state index contributed by atoms with van der Waals surface area (Å²) in [5.74, 6) is -0.194. The van der Waals surface area contributed by atoms with Gasteiger partial charge in [0.15, 0.2) is 0 Å². The van der Waals surface area contributed by atoms with Gasteiger partial charge in [-0.2, -0.15) is 0 Å². The predicted octanol–water partition coefficient (Wildman–Crippen LogP) is 3.90. The second-order valence-corrected chi connectivity index (χ2v) is 5.11. The molecule has 0 saturated heterocycles. The normalized spacial score (nSPS) is 12.2. The van der Waals surface area contributed by atoms with E-state index >= 15 is 0 Å². The molecule has 0 radical (unpaired) electrons. The molecule has 0 aliphatic heterocycles. The van der Waals surface area contributed by atoms with Crippen LogP contribution in [-0.4, -0.2) is 17.3 Å². The Bertz CT molecular complexity index is 384. The van der Waals surface area contributed by atoms with Crippen LogP contribution in [0.5, 0.6) is 0 Å². The maximum Gasteiger partial charge on any atom is 0.253 e. The molecule has 1 atom stereocenters. The van der Waals surface area contributed by atoms with Crippen molar-refractivity contribution in [2.75, 3.05) is 5.33 Å². The van der Waals surface area contributed by atoms with Gasteiger partial charge in [0.05, 0.1) is 10.6 Å². The SMILES string of the molecule is CC(CCBr)NC(=O)c1cc(Cl)ccc1Cl. The van der Waals surface area contributed by atoms with E-state index in [1.807, 2.05) is 6.92 Å². The summed E-state index contributed by atoms with van der Waals surface area (Å²) >= 11 is 15.1. The molecule has 1 unspecified atom stereocenters. The Kier molecular flexibility index (Phi) is 5.59. The van der Waals surface area contributed by atoms with Crippen molar-refractivity contribution in [2.45, 2.75) is 19.4 Å². The molecule has 0 bridgehead atoms. The fraction of sp³-hybridized carbons (Fsp3) is 0.364. The Morgan fingerprint density at radius 2 is 2.19 bits per heavy atom. The summed E-state index contributed by atoms with van der Waals surface area (Å²) in [6.07, 6.45) is 0.865. The Morgan fingerprint density at radius 1 is 1.50 bits per heavy atom. The Balaban J connectivity index is 2.76. The highest BCUT2D eigenvalue weighted by atomic mass is 79.9. The van der Waals surface area contributed by atoms with Crippen LogP contribution in [0.25, 0.3) is 0 Å². The van der Waals surface area contributed by atoms with Crippen molar-refractivity contribution in [3.05, 3.63) is 33.8 Å². The zero-order valence-corrected chi connectivity index (χ0v) is 11.9. The van der Waals surface area contributed by atoms with E-state index in [9.17, 15) is 4.79 Å². The van der Waals surface area contributed by atoms with Crippen molar-refractivity contribution < 1.29 is 4.79 Å². The van der Waals surface area contributed by atoms with Crippen molar-refractivity contribution in [3.63, 3.8) is 0 Å². The molecule has 0 aromatic heterocycles. The number of halogens is 3. The molecule has 0 spiro atoms. The lowest BCUT2D eigenvalue weighted by molar-refractivity contribution is 0.0939. The zero-order valence-electron chi connectivity index (χ0n) is 8.77. The minimum atomic E-state index is -0.194. The summed E-state index contributed by atoms with van der Waals surface area (Å²) in [5, 5.41) is 4.61. The minimum Gasteiger partial charge on any atom is -0.350 e. The van der Waals surface area contributed by atoms with Gasteiger partial charge in [-0.05, 0) is 31.5 Å². The smallest absolute Gasteiger partial charge is 0.253 e. The fourth-order valence-electron chi connectivity index (χ4n) is 1.21. The van der Waals surface area contributed by atoms with Crippen molar-refractivity contribution in [3.8, 4) is 0 Å². The third-order valence-electron chi connectivity index (χ3n) is 2.09. The molecule has 1 amide bonds. The Hall–Kier alpha value is -0.250. The maximum atomic E-state index is 11.8. The molecule has 1 aromatic rings. The molecule has 88 valence electrons. The third-order valence-corrected chi connectivity index (χ3v) is 3.12. The number of alkyl halides is 1. The van der Waals surface area contributed by atoms with E-state index in [0.717, 1.165) is 11.8 Å². The summed E-state index contributed by atoms with van der Waals surface area (Å²) in [4.78, 5) is 11.8. The van der Waals surface area contributed by atoms with E-state index < -0.39 is 0 Å². The molecule has 2 nitrogen and oxygen atoms in total. The number of rotatable bonds is 4. The van der Waals surface area contributed by atoms with Gasteiger partial charge in [0.1, 0.15) is 0 Å². The summed E-state index contributed by atoms with van der Waals surface area (Å²) in [6.45, 7) is 1.94. The van der Waals surface area contributed by atoms with Gasteiger partial charge in [-0.15, -0.1) is 0 Å². The van der Waals surface area contributed by atoms with Crippen LogP contribution in [0.1, 0.15) is 23.7 Å². The summed E-state index contributed by atoms with van der Waals surface area (Å²) < 4.78 is 0. The fourth-order valence-corrected chi connectivity index (χ4v) is 2.27. The van der Waals surface area contributed by atoms with Crippen molar-refractivity contribution in [2.24, 2.45) is 0 Å². The monoisotopic (exact) mass is 323 g/mol. The molecule has 16 heavy (non-hydrogen) atoms. The quantitative estimate of drug-likeness (QED) is 0.836. The first kappa shape index (κ1) is 13.8. The summed E-state index contributed by atoms with van der Waals surface area (Å²) in [7, 11) is 0. The van der Waals surface area contributed by atoms with Crippen LogP contribution >= 0.6 is 39.1 Å². The van der Waals surface area contributed by atoms with Crippen LogP contribution in [0.2, 0.25) is 10.0 Å². The van der Waals surface area contributed by atoms with E-state index in [-0.39, 0.29) is 11.9 Å². The van der Waals surface area contributed by atoms with Gasteiger partial charge in [-0.3, -0.25) is 4.79 Å². The molecule has 1 aromatic carbocycles. The number of amides is 1. The molecule has 0 heterocycles. The first-order chi connectivity index (χ1) is 7.54. The molecule has 0 saturated carbocycles. The maximum absolute atomic E-state index is 11.8. The van der Waals surface area contributed by atoms with E-state index in [0.29, 0.717) is 15.6 Å². The number of hydrogen-bond acceptors (Lipinski definition) is 1.